The summed E-state index contributed by atoms with van der Waals surface area (Å²) < 4.78 is 22.4. The molecule has 3 aliphatic rings. The van der Waals surface area contributed by atoms with Crippen LogP contribution in [0.4, 0.5) is 10.2 Å². The van der Waals surface area contributed by atoms with Crippen molar-refractivity contribution in [2.75, 3.05) is 18.1 Å². The molecule has 162 valence electrons. The molecule has 0 spiro atoms. The number of benzene rings is 1. The Bertz CT molecular complexity index is 1140. The van der Waals surface area contributed by atoms with Crippen molar-refractivity contribution in [3.8, 4) is 5.82 Å². The molecule has 1 saturated carbocycles. The van der Waals surface area contributed by atoms with E-state index in [1.807, 2.05) is 23.9 Å². The van der Waals surface area contributed by atoms with Crippen LogP contribution in [0.5, 0.6) is 0 Å². The Morgan fingerprint density at radius 3 is 2.68 bits per heavy atom. The zero-order chi connectivity index (χ0) is 21.1. The standard InChI is InChI=1S/C24H28FN5O/c1-14-7-16-11-26-30(22(16)9-20(14)19-5-3-4-6-21(19)25)24-10-23(27-15(2)28-24)29-12-18-8-17(29)13-31-18/h7,9-11,17-19,21H,3-6,8,12-13H2,1-2H3/t17-,18-,19?,21?/m0/s1. The van der Waals surface area contributed by atoms with Crippen molar-refractivity contribution in [1.82, 2.24) is 19.7 Å². The number of ether oxygens (including phenoxy) is 1. The van der Waals surface area contributed by atoms with Gasteiger partial charge in [-0.05, 0) is 56.4 Å². The molecule has 2 aromatic heterocycles. The van der Waals surface area contributed by atoms with Gasteiger partial charge in [0.1, 0.15) is 17.8 Å². The van der Waals surface area contributed by atoms with Crippen LogP contribution in [-0.4, -0.2) is 51.2 Å². The van der Waals surface area contributed by atoms with Gasteiger partial charge in [-0.3, -0.25) is 0 Å². The summed E-state index contributed by atoms with van der Waals surface area (Å²) in [5, 5.41) is 5.71. The number of nitrogens with zero attached hydrogens (tertiary/aromatic N) is 5. The summed E-state index contributed by atoms with van der Waals surface area (Å²) in [7, 11) is 0. The zero-order valence-electron chi connectivity index (χ0n) is 18.1. The van der Waals surface area contributed by atoms with E-state index in [4.69, 9.17) is 14.7 Å². The highest BCUT2D eigenvalue weighted by Crippen LogP contribution is 2.38. The smallest absolute Gasteiger partial charge is 0.159 e. The molecule has 1 aromatic carbocycles. The number of hydrogen-bond donors (Lipinski definition) is 0. The number of morpholine rings is 1. The third-order valence-electron chi connectivity index (χ3n) is 7.26. The summed E-state index contributed by atoms with van der Waals surface area (Å²) in [6.45, 7) is 5.66. The molecular weight excluding hydrogens is 393 g/mol. The van der Waals surface area contributed by atoms with E-state index in [0.29, 0.717) is 18.6 Å². The lowest BCUT2D eigenvalue weighted by Gasteiger charge is -2.28. The first kappa shape index (κ1) is 19.2. The van der Waals surface area contributed by atoms with E-state index >= 15 is 0 Å². The SMILES string of the molecule is Cc1nc(N2C[C@@H]3C[C@H]2CO3)cc(-n2ncc3cc(C)c(C4CCCCC4F)cc32)n1. The van der Waals surface area contributed by atoms with E-state index in [-0.39, 0.29) is 5.92 Å². The van der Waals surface area contributed by atoms with Gasteiger partial charge in [0.15, 0.2) is 5.82 Å². The van der Waals surface area contributed by atoms with E-state index < -0.39 is 6.17 Å². The molecule has 0 N–H and O–H groups in total. The second-order valence-corrected chi connectivity index (χ2v) is 9.36. The van der Waals surface area contributed by atoms with Crippen molar-refractivity contribution in [1.29, 1.82) is 0 Å². The molecule has 2 unspecified atom stereocenters. The molecule has 31 heavy (non-hydrogen) atoms. The first-order valence-corrected chi connectivity index (χ1v) is 11.4. The van der Waals surface area contributed by atoms with E-state index in [9.17, 15) is 4.39 Å². The van der Waals surface area contributed by atoms with Crippen molar-refractivity contribution in [3.63, 3.8) is 0 Å². The largest absolute Gasteiger partial charge is 0.374 e. The number of fused-ring (bicyclic) bond motifs is 3. The summed E-state index contributed by atoms with van der Waals surface area (Å²) in [6.07, 6.45) is 6.16. The minimum atomic E-state index is -0.762. The average Bonchev–Trinajstić information content (AvgIpc) is 3.49. The van der Waals surface area contributed by atoms with Crippen molar-refractivity contribution in [2.24, 2.45) is 0 Å². The van der Waals surface area contributed by atoms with Gasteiger partial charge in [0.05, 0.1) is 30.5 Å². The number of aromatic nitrogens is 4. The monoisotopic (exact) mass is 421 g/mol. The molecule has 6 rings (SSSR count). The Morgan fingerprint density at radius 1 is 1.06 bits per heavy atom. The van der Waals surface area contributed by atoms with Gasteiger partial charge < -0.3 is 9.64 Å². The van der Waals surface area contributed by atoms with Crippen molar-refractivity contribution in [3.05, 3.63) is 41.3 Å². The van der Waals surface area contributed by atoms with E-state index in [2.05, 4.69) is 29.1 Å². The summed E-state index contributed by atoms with van der Waals surface area (Å²) in [6, 6.07) is 6.70. The van der Waals surface area contributed by atoms with Gasteiger partial charge >= 0.3 is 0 Å². The van der Waals surface area contributed by atoms with Crippen LogP contribution in [0.3, 0.4) is 0 Å². The minimum Gasteiger partial charge on any atom is -0.374 e. The van der Waals surface area contributed by atoms with Crippen LogP contribution in [0.25, 0.3) is 16.7 Å². The van der Waals surface area contributed by atoms with Gasteiger partial charge in [-0.25, -0.2) is 19.0 Å². The molecule has 4 heterocycles. The Hall–Kier alpha value is -2.54. The van der Waals surface area contributed by atoms with Gasteiger partial charge in [-0.15, -0.1) is 0 Å². The zero-order valence-corrected chi connectivity index (χ0v) is 18.1. The minimum absolute atomic E-state index is 0.0238. The van der Waals surface area contributed by atoms with Crippen molar-refractivity contribution in [2.45, 2.75) is 70.2 Å². The van der Waals surface area contributed by atoms with Crippen LogP contribution >= 0.6 is 0 Å². The fourth-order valence-corrected chi connectivity index (χ4v) is 5.69. The van der Waals surface area contributed by atoms with Crippen LogP contribution in [0, 0.1) is 13.8 Å². The summed E-state index contributed by atoms with van der Waals surface area (Å²) in [4.78, 5) is 11.7. The average molecular weight is 422 g/mol. The number of aryl methyl sites for hydroxylation is 2. The molecule has 1 aliphatic carbocycles. The fraction of sp³-hybridized carbons (Fsp3) is 0.542. The maximum atomic E-state index is 14.8. The third-order valence-corrected chi connectivity index (χ3v) is 7.26. The number of alkyl halides is 1. The van der Waals surface area contributed by atoms with Gasteiger partial charge in [0.2, 0.25) is 0 Å². The second-order valence-electron chi connectivity index (χ2n) is 9.36. The third kappa shape index (κ3) is 3.21. The Kier molecular flexibility index (Phi) is 4.49. The lowest BCUT2D eigenvalue weighted by atomic mass is 9.80. The number of halogens is 1. The lowest BCUT2D eigenvalue weighted by molar-refractivity contribution is 0.0988. The molecular formula is C24H28FN5O. The predicted molar refractivity (Wildman–Crippen MR) is 118 cm³/mol. The Morgan fingerprint density at radius 2 is 1.90 bits per heavy atom. The van der Waals surface area contributed by atoms with Crippen LogP contribution in [0.15, 0.2) is 24.4 Å². The molecule has 2 saturated heterocycles. The van der Waals surface area contributed by atoms with Gasteiger partial charge in [0.25, 0.3) is 0 Å². The molecule has 2 bridgehead atoms. The number of hydrogen-bond acceptors (Lipinski definition) is 5. The molecule has 3 fully saturated rings. The maximum absolute atomic E-state index is 14.8. The first-order valence-electron chi connectivity index (χ1n) is 11.4. The maximum Gasteiger partial charge on any atom is 0.159 e. The molecule has 4 atom stereocenters. The highest BCUT2D eigenvalue weighted by molar-refractivity contribution is 5.82. The molecule has 6 nitrogen and oxygen atoms in total. The van der Waals surface area contributed by atoms with Crippen LogP contribution in [0.1, 0.15) is 55.0 Å². The fourth-order valence-electron chi connectivity index (χ4n) is 5.69. The molecule has 0 amide bonds. The van der Waals surface area contributed by atoms with Gasteiger partial charge in [0, 0.05) is 23.9 Å². The molecule has 2 aliphatic heterocycles. The highest BCUT2D eigenvalue weighted by Gasteiger charge is 2.40. The predicted octanol–water partition coefficient (Wildman–Crippen LogP) is 4.41. The van der Waals surface area contributed by atoms with Crippen LogP contribution in [-0.2, 0) is 4.74 Å². The highest BCUT2D eigenvalue weighted by atomic mass is 19.1. The number of rotatable bonds is 3. The second kappa shape index (κ2) is 7.26. The number of anilines is 1. The molecule has 7 heteroatoms. The summed E-state index contributed by atoms with van der Waals surface area (Å²) >= 11 is 0. The van der Waals surface area contributed by atoms with Gasteiger partial charge in [-0.2, -0.15) is 5.10 Å². The van der Waals surface area contributed by atoms with Crippen LogP contribution < -0.4 is 4.90 Å². The summed E-state index contributed by atoms with van der Waals surface area (Å²) in [5.74, 6) is 2.40. The van der Waals surface area contributed by atoms with E-state index in [1.165, 1.54) is 0 Å². The molecule has 3 aromatic rings. The quantitative estimate of drug-likeness (QED) is 0.627. The van der Waals surface area contributed by atoms with E-state index in [1.54, 1.807) is 0 Å². The Labute approximate surface area is 181 Å². The van der Waals surface area contributed by atoms with Crippen molar-refractivity contribution < 1.29 is 9.13 Å². The van der Waals surface area contributed by atoms with E-state index in [0.717, 1.165) is 78.3 Å². The summed E-state index contributed by atoms with van der Waals surface area (Å²) in [5.41, 5.74) is 3.24. The van der Waals surface area contributed by atoms with Gasteiger partial charge in [-0.1, -0.05) is 12.8 Å². The lowest BCUT2D eigenvalue weighted by Crippen LogP contribution is -2.37. The topological polar surface area (TPSA) is 56.1 Å². The van der Waals surface area contributed by atoms with Crippen LogP contribution in [0.2, 0.25) is 0 Å². The normalized spacial score (nSPS) is 28.0. The first-order chi connectivity index (χ1) is 15.1. The Balaban J connectivity index is 1.42. The van der Waals surface area contributed by atoms with Crippen molar-refractivity contribution >= 4 is 16.7 Å². The molecule has 0 radical (unpaired) electrons.